The zero-order valence-corrected chi connectivity index (χ0v) is 7.97. The number of rotatable bonds is 3. The van der Waals surface area contributed by atoms with Crippen molar-refractivity contribution >= 4 is 17.0 Å². The highest BCUT2D eigenvalue weighted by atomic mass is 16.4. The summed E-state index contributed by atoms with van der Waals surface area (Å²) in [5, 5.41) is 8.67. The fourth-order valence-corrected chi connectivity index (χ4v) is 1.45. The van der Waals surface area contributed by atoms with Gasteiger partial charge in [0.25, 0.3) is 0 Å². The smallest absolute Gasteiger partial charge is 0.320 e. The SMILES string of the molecule is N[C@H](Cc1ccc2nc[nH]c2c1)C(=O)O. The van der Waals surface area contributed by atoms with Gasteiger partial charge in [-0.05, 0) is 24.1 Å². The average Bonchev–Trinajstić information content (AvgIpc) is 2.64. The van der Waals surface area contributed by atoms with Crippen LogP contribution in [-0.4, -0.2) is 27.1 Å². The third-order valence-electron chi connectivity index (χ3n) is 2.26. The minimum Gasteiger partial charge on any atom is -0.480 e. The van der Waals surface area contributed by atoms with Crippen LogP contribution in [0.2, 0.25) is 0 Å². The van der Waals surface area contributed by atoms with E-state index in [9.17, 15) is 4.79 Å². The normalized spacial score (nSPS) is 12.9. The Balaban J connectivity index is 2.24. The van der Waals surface area contributed by atoms with Gasteiger partial charge in [-0.3, -0.25) is 4.79 Å². The third-order valence-corrected chi connectivity index (χ3v) is 2.26. The van der Waals surface area contributed by atoms with Crippen molar-refractivity contribution in [1.29, 1.82) is 0 Å². The van der Waals surface area contributed by atoms with Crippen LogP contribution in [0.15, 0.2) is 24.5 Å². The Kier molecular flexibility index (Phi) is 2.39. The summed E-state index contributed by atoms with van der Waals surface area (Å²) in [7, 11) is 0. The van der Waals surface area contributed by atoms with Crippen molar-refractivity contribution in [2.75, 3.05) is 0 Å². The van der Waals surface area contributed by atoms with Gasteiger partial charge in [-0.15, -0.1) is 0 Å². The number of carboxylic acid groups (broad SMARTS) is 1. The van der Waals surface area contributed by atoms with Crippen molar-refractivity contribution in [3.63, 3.8) is 0 Å². The molecule has 78 valence electrons. The lowest BCUT2D eigenvalue weighted by molar-refractivity contribution is -0.138. The number of fused-ring (bicyclic) bond motifs is 1. The number of nitrogens with zero attached hydrogens (tertiary/aromatic N) is 1. The molecule has 4 N–H and O–H groups in total. The van der Waals surface area contributed by atoms with E-state index in [1.54, 1.807) is 6.33 Å². The summed E-state index contributed by atoms with van der Waals surface area (Å²) >= 11 is 0. The number of hydrogen-bond donors (Lipinski definition) is 3. The molecule has 5 heteroatoms. The molecular formula is C10H11N3O2. The molecule has 0 unspecified atom stereocenters. The molecule has 0 saturated heterocycles. The highest BCUT2D eigenvalue weighted by Crippen LogP contribution is 2.12. The van der Waals surface area contributed by atoms with Crippen LogP contribution in [0.25, 0.3) is 11.0 Å². The molecule has 2 rings (SSSR count). The van der Waals surface area contributed by atoms with Gasteiger partial charge in [0.2, 0.25) is 0 Å². The largest absolute Gasteiger partial charge is 0.480 e. The fraction of sp³-hybridized carbons (Fsp3) is 0.200. The highest BCUT2D eigenvalue weighted by Gasteiger charge is 2.12. The summed E-state index contributed by atoms with van der Waals surface area (Å²) in [4.78, 5) is 17.6. The first-order valence-corrected chi connectivity index (χ1v) is 4.57. The van der Waals surface area contributed by atoms with Crippen LogP contribution in [0.3, 0.4) is 0 Å². The van der Waals surface area contributed by atoms with Crippen molar-refractivity contribution in [2.24, 2.45) is 5.73 Å². The molecule has 2 aromatic rings. The second kappa shape index (κ2) is 3.70. The molecular weight excluding hydrogens is 194 g/mol. The van der Waals surface area contributed by atoms with Crippen LogP contribution in [0.4, 0.5) is 0 Å². The van der Waals surface area contributed by atoms with Crippen molar-refractivity contribution in [1.82, 2.24) is 9.97 Å². The molecule has 1 heterocycles. The van der Waals surface area contributed by atoms with Gasteiger partial charge in [0, 0.05) is 0 Å². The molecule has 1 aromatic heterocycles. The van der Waals surface area contributed by atoms with Gasteiger partial charge < -0.3 is 15.8 Å². The Labute approximate surface area is 85.9 Å². The monoisotopic (exact) mass is 205 g/mol. The van der Waals surface area contributed by atoms with Crippen molar-refractivity contribution in [3.05, 3.63) is 30.1 Å². The molecule has 0 saturated carbocycles. The zero-order valence-electron chi connectivity index (χ0n) is 7.97. The first-order valence-electron chi connectivity index (χ1n) is 4.57. The van der Waals surface area contributed by atoms with Crippen LogP contribution in [0.1, 0.15) is 5.56 Å². The second-order valence-corrected chi connectivity index (χ2v) is 3.40. The van der Waals surface area contributed by atoms with Gasteiger partial charge in [-0.25, -0.2) is 4.98 Å². The number of H-pyrrole nitrogens is 1. The lowest BCUT2D eigenvalue weighted by Crippen LogP contribution is -2.32. The van der Waals surface area contributed by atoms with E-state index in [1.165, 1.54) is 0 Å². The minimum absolute atomic E-state index is 0.324. The molecule has 0 aliphatic rings. The topological polar surface area (TPSA) is 92.0 Å². The Hall–Kier alpha value is -1.88. The van der Waals surface area contributed by atoms with E-state index >= 15 is 0 Å². The van der Waals surface area contributed by atoms with E-state index in [0.29, 0.717) is 6.42 Å². The number of hydrogen-bond acceptors (Lipinski definition) is 3. The highest BCUT2D eigenvalue weighted by molar-refractivity contribution is 5.76. The van der Waals surface area contributed by atoms with Crippen molar-refractivity contribution < 1.29 is 9.90 Å². The van der Waals surface area contributed by atoms with Crippen LogP contribution >= 0.6 is 0 Å². The van der Waals surface area contributed by atoms with Gasteiger partial charge in [-0.2, -0.15) is 0 Å². The number of nitrogens with two attached hydrogens (primary N) is 1. The number of aromatic amines is 1. The maximum Gasteiger partial charge on any atom is 0.320 e. The van der Waals surface area contributed by atoms with E-state index in [2.05, 4.69) is 9.97 Å². The molecule has 0 bridgehead atoms. The Morgan fingerprint density at radius 2 is 2.40 bits per heavy atom. The summed E-state index contributed by atoms with van der Waals surface area (Å²) in [6.07, 6.45) is 1.93. The number of nitrogens with one attached hydrogen (secondary N) is 1. The number of benzene rings is 1. The maximum absolute atomic E-state index is 10.6. The molecule has 0 fully saturated rings. The lowest BCUT2D eigenvalue weighted by atomic mass is 10.1. The molecule has 0 aliphatic carbocycles. The first-order chi connectivity index (χ1) is 7.16. The lowest BCUT2D eigenvalue weighted by Gasteiger charge is -2.05. The van der Waals surface area contributed by atoms with Crippen LogP contribution in [0.5, 0.6) is 0 Å². The quantitative estimate of drug-likeness (QED) is 0.681. The number of carboxylic acids is 1. The second-order valence-electron chi connectivity index (χ2n) is 3.40. The first kappa shape index (κ1) is 9.67. The van der Waals surface area contributed by atoms with Gasteiger partial charge in [0.15, 0.2) is 0 Å². The van der Waals surface area contributed by atoms with E-state index in [4.69, 9.17) is 10.8 Å². The minimum atomic E-state index is -0.986. The van der Waals surface area contributed by atoms with Crippen LogP contribution < -0.4 is 5.73 Å². The van der Waals surface area contributed by atoms with Crippen LogP contribution in [-0.2, 0) is 11.2 Å². The number of aromatic nitrogens is 2. The standard InChI is InChI=1S/C10H11N3O2/c11-7(10(14)15)3-6-1-2-8-9(4-6)13-5-12-8/h1-2,4-5,7H,3,11H2,(H,12,13)(H,14,15)/t7-/m1/s1. The van der Waals surface area contributed by atoms with Gasteiger partial charge in [0.1, 0.15) is 6.04 Å². The molecule has 15 heavy (non-hydrogen) atoms. The fourth-order valence-electron chi connectivity index (χ4n) is 1.45. The molecule has 0 spiro atoms. The van der Waals surface area contributed by atoms with E-state index < -0.39 is 12.0 Å². The third kappa shape index (κ3) is 1.97. The van der Waals surface area contributed by atoms with E-state index in [-0.39, 0.29) is 0 Å². The molecule has 0 aliphatic heterocycles. The number of carbonyl (C=O) groups is 1. The number of aliphatic carboxylic acids is 1. The molecule has 5 nitrogen and oxygen atoms in total. The predicted molar refractivity (Wildman–Crippen MR) is 55.4 cm³/mol. The Bertz CT molecular complexity index is 492. The molecule has 0 radical (unpaired) electrons. The Morgan fingerprint density at radius 3 is 3.13 bits per heavy atom. The molecule has 1 atom stereocenters. The number of imidazole rings is 1. The molecule has 0 amide bonds. The molecule has 1 aromatic carbocycles. The van der Waals surface area contributed by atoms with E-state index in [1.807, 2.05) is 18.2 Å². The zero-order chi connectivity index (χ0) is 10.8. The summed E-state index contributed by atoms with van der Waals surface area (Å²) in [5.74, 6) is -0.986. The van der Waals surface area contributed by atoms with Gasteiger partial charge in [-0.1, -0.05) is 6.07 Å². The van der Waals surface area contributed by atoms with Gasteiger partial charge in [0.05, 0.1) is 17.4 Å². The van der Waals surface area contributed by atoms with E-state index in [0.717, 1.165) is 16.6 Å². The van der Waals surface area contributed by atoms with Crippen molar-refractivity contribution in [3.8, 4) is 0 Å². The van der Waals surface area contributed by atoms with Crippen LogP contribution in [0, 0.1) is 0 Å². The summed E-state index contributed by atoms with van der Waals surface area (Å²) in [5.41, 5.74) is 8.09. The predicted octanol–water partition coefficient (Wildman–Crippen LogP) is 0.517. The maximum atomic E-state index is 10.6. The summed E-state index contributed by atoms with van der Waals surface area (Å²) < 4.78 is 0. The Morgan fingerprint density at radius 1 is 1.60 bits per heavy atom. The average molecular weight is 205 g/mol. The summed E-state index contributed by atoms with van der Waals surface area (Å²) in [6.45, 7) is 0. The summed E-state index contributed by atoms with van der Waals surface area (Å²) in [6, 6.07) is 4.69. The van der Waals surface area contributed by atoms with Gasteiger partial charge >= 0.3 is 5.97 Å². The van der Waals surface area contributed by atoms with Crippen molar-refractivity contribution in [2.45, 2.75) is 12.5 Å².